The van der Waals surface area contributed by atoms with Gasteiger partial charge in [0.15, 0.2) is 0 Å². The molecule has 3 unspecified atom stereocenters. The van der Waals surface area contributed by atoms with Gasteiger partial charge in [0.2, 0.25) is 0 Å². The van der Waals surface area contributed by atoms with Gasteiger partial charge in [-0.3, -0.25) is 0 Å². The van der Waals surface area contributed by atoms with E-state index in [9.17, 15) is 0 Å². The summed E-state index contributed by atoms with van der Waals surface area (Å²) in [5.41, 5.74) is 0. The Balaban J connectivity index is 2.55. The Labute approximate surface area is 107 Å². The van der Waals surface area contributed by atoms with Crippen molar-refractivity contribution in [2.45, 2.75) is 71.9 Å². The van der Waals surface area contributed by atoms with E-state index >= 15 is 0 Å². The van der Waals surface area contributed by atoms with Crippen LogP contribution in [0.2, 0.25) is 0 Å². The van der Waals surface area contributed by atoms with E-state index < -0.39 is 0 Å². The highest BCUT2D eigenvalue weighted by molar-refractivity contribution is 4.86. The van der Waals surface area contributed by atoms with E-state index in [1.807, 2.05) is 0 Å². The van der Waals surface area contributed by atoms with E-state index in [2.05, 4.69) is 33.0 Å². The van der Waals surface area contributed by atoms with Crippen LogP contribution in [0.15, 0.2) is 0 Å². The maximum Gasteiger partial charge on any atom is 0.0445 e. The molecule has 1 fully saturated rings. The van der Waals surface area contributed by atoms with Crippen LogP contribution in [-0.2, 0) is 0 Å². The van der Waals surface area contributed by atoms with Gasteiger partial charge in [-0.15, -0.1) is 0 Å². The first-order valence-electron chi connectivity index (χ1n) is 7.43. The first-order chi connectivity index (χ1) is 8.06. The lowest BCUT2D eigenvalue weighted by Gasteiger charge is -2.38. The molecule has 0 aliphatic heterocycles. The first kappa shape index (κ1) is 15.0. The van der Waals surface area contributed by atoms with Crippen LogP contribution in [0.25, 0.3) is 0 Å². The highest BCUT2D eigenvalue weighted by atomic mass is 16.3. The third-order valence-corrected chi connectivity index (χ3v) is 4.35. The zero-order valence-corrected chi connectivity index (χ0v) is 12.1. The molecule has 1 aliphatic rings. The molecule has 0 bridgehead atoms. The van der Waals surface area contributed by atoms with Crippen LogP contribution >= 0.6 is 0 Å². The summed E-state index contributed by atoms with van der Waals surface area (Å²) in [4.78, 5) is 0. The molecule has 2 nitrogen and oxygen atoms in total. The monoisotopic (exact) mass is 241 g/mol. The fourth-order valence-corrected chi connectivity index (χ4v) is 3.19. The zero-order valence-electron chi connectivity index (χ0n) is 12.1. The van der Waals surface area contributed by atoms with E-state index in [0.717, 1.165) is 18.3 Å². The molecular formula is C15H31NO. The van der Waals surface area contributed by atoms with Gasteiger partial charge in [0.1, 0.15) is 0 Å². The smallest absolute Gasteiger partial charge is 0.0445 e. The van der Waals surface area contributed by atoms with Crippen LogP contribution in [0.3, 0.4) is 0 Å². The molecule has 3 atom stereocenters. The van der Waals surface area contributed by atoms with E-state index in [1.54, 1.807) is 0 Å². The predicted octanol–water partition coefficient (Wildman–Crippen LogP) is 3.20. The van der Waals surface area contributed by atoms with Crippen molar-refractivity contribution in [3.63, 3.8) is 0 Å². The van der Waals surface area contributed by atoms with Crippen molar-refractivity contribution in [3.05, 3.63) is 0 Å². The lowest BCUT2D eigenvalue weighted by molar-refractivity contribution is 0.164. The lowest BCUT2D eigenvalue weighted by Crippen LogP contribution is -2.48. The van der Waals surface area contributed by atoms with Crippen molar-refractivity contribution in [1.82, 2.24) is 5.32 Å². The van der Waals surface area contributed by atoms with Gasteiger partial charge < -0.3 is 10.4 Å². The fraction of sp³-hybridized carbons (Fsp3) is 1.00. The van der Waals surface area contributed by atoms with Gasteiger partial charge in [0.05, 0.1) is 0 Å². The highest BCUT2D eigenvalue weighted by Gasteiger charge is 2.29. The van der Waals surface area contributed by atoms with Gasteiger partial charge in [-0.2, -0.15) is 0 Å². The topological polar surface area (TPSA) is 32.3 Å². The molecular weight excluding hydrogens is 210 g/mol. The maximum atomic E-state index is 9.15. The van der Waals surface area contributed by atoms with Crippen LogP contribution < -0.4 is 5.32 Å². The van der Waals surface area contributed by atoms with E-state index in [1.165, 1.54) is 25.7 Å². The second kappa shape index (κ2) is 7.38. The molecule has 2 heteroatoms. The van der Waals surface area contributed by atoms with Gasteiger partial charge >= 0.3 is 0 Å². The third-order valence-electron chi connectivity index (χ3n) is 4.35. The average molecular weight is 241 g/mol. The average Bonchev–Trinajstić information content (AvgIpc) is 2.28. The van der Waals surface area contributed by atoms with Gasteiger partial charge in [0, 0.05) is 18.7 Å². The quantitative estimate of drug-likeness (QED) is 0.748. The van der Waals surface area contributed by atoms with Gasteiger partial charge in [-0.25, -0.2) is 0 Å². The predicted molar refractivity (Wildman–Crippen MR) is 74.0 cm³/mol. The number of aliphatic hydroxyl groups excluding tert-OH is 1. The summed E-state index contributed by atoms with van der Waals surface area (Å²) >= 11 is 0. The van der Waals surface area contributed by atoms with Crippen LogP contribution in [0.4, 0.5) is 0 Å². The van der Waals surface area contributed by atoms with Crippen LogP contribution in [-0.4, -0.2) is 23.8 Å². The zero-order chi connectivity index (χ0) is 12.8. The van der Waals surface area contributed by atoms with Crippen molar-refractivity contribution < 1.29 is 5.11 Å². The first-order valence-corrected chi connectivity index (χ1v) is 7.43. The van der Waals surface area contributed by atoms with Crippen molar-refractivity contribution in [2.24, 2.45) is 17.8 Å². The molecule has 2 N–H and O–H groups in total. The SMILES string of the molecule is CC(C)C(CCO)NC1CCCCC1C(C)C. The Kier molecular flexibility index (Phi) is 6.50. The Morgan fingerprint density at radius 2 is 1.76 bits per heavy atom. The molecule has 0 heterocycles. The van der Waals surface area contributed by atoms with Gasteiger partial charge in [-0.1, -0.05) is 40.5 Å². The van der Waals surface area contributed by atoms with E-state index in [-0.39, 0.29) is 0 Å². The molecule has 0 radical (unpaired) electrons. The van der Waals surface area contributed by atoms with Crippen LogP contribution in [0.1, 0.15) is 59.8 Å². The number of hydrogen-bond acceptors (Lipinski definition) is 2. The Hall–Kier alpha value is -0.0800. The number of hydrogen-bond donors (Lipinski definition) is 2. The van der Waals surface area contributed by atoms with Crippen LogP contribution in [0, 0.1) is 17.8 Å². The van der Waals surface area contributed by atoms with Gasteiger partial charge in [0.25, 0.3) is 0 Å². The van der Waals surface area contributed by atoms with Crippen molar-refractivity contribution >= 4 is 0 Å². The van der Waals surface area contributed by atoms with E-state index in [0.29, 0.717) is 24.6 Å². The number of nitrogens with one attached hydrogen (secondary N) is 1. The lowest BCUT2D eigenvalue weighted by atomic mass is 9.77. The molecule has 17 heavy (non-hydrogen) atoms. The fourth-order valence-electron chi connectivity index (χ4n) is 3.19. The molecule has 102 valence electrons. The summed E-state index contributed by atoms with van der Waals surface area (Å²) in [6.07, 6.45) is 6.34. The van der Waals surface area contributed by atoms with Crippen LogP contribution in [0.5, 0.6) is 0 Å². The standard InChI is InChI=1S/C15H31NO/c1-11(2)13-7-5-6-8-15(13)16-14(9-10-17)12(3)4/h11-17H,5-10H2,1-4H3. The molecule has 1 aliphatic carbocycles. The Morgan fingerprint density at radius 3 is 2.29 bits per heavy atom. The molecule has 1 rings (SSSR count). The van der Waals surface area contributed by atoms with Crippen molar-refractivity contribution in [3.8, 4) is 0 Å². The Morgan fingerprint density at radius 1 is 1.12 bits per heavy atom. The molecule has 0 aromatic carbocycles. The largest absolute Gasteiger partial charge is 0.396 e. The van der Waals surface area contributed by atoms with Gasteiger partial charge in [-0.05, 0) is 37.0 Å². The number of aliphatic hydroxyl groups is 1. The van der Waals surface area contributed by atoms with Crippen molar-refractivity contribution in [1.29, 1.82) is 0 Å². The molecule has 1 saturated carbocycles. The summed E-state index contributed by atoms with van der Waals surface area (Å²) in [7, 11) is 0. The summed E-state index contributed by atoms with van der Waals surface area (Å²) in [6.45, 7) is 9.50. The molecule has 0 spiro atoms. The second-order valence-electron chi connectivity index (χ2n) is 6.33. The third kappa shape index (κ3) is 4.59. The minimum atomic E-state index is 0.301. The molecule has 0 aromatic heterocycles. The normalized spacial score (nSPS) is 27.7. The Bertz CT molecular complexity index is 203. The summed E-state index contributed by atoms with van der Waals surface area (Å²) in [6, 6.07) is 1.15. The van der Waals surface area contributed by atoms with Crippen molar-refractivity contribution in [2.75, 3.05) is 6.61 Å². The minimum Gasteiger partial charge on any atom is -0.396 e. The second-order valence-corrected chi connectivity index (χ2v) is 6.33. The molecule has 0 aromatic rings. The maximum absolute atomic E-state index is 9.15. The summed E-state index contributed by atoms with van der Waals surface area (Å²) < 4.78 is 0. The highest BCUT2D eigenvalue weighted by Crippen LogP contribution is 2.31. The minimum absolute atomic E-state index is 0.301. The van der Waals surface area contributed by atoms with E-state index in [4.69, 9.17) is 5.11 Å². The summed E-state index contributed by atoms with van der Waals surface area (Å²) in [5, 5.41) is 13.0. The molecule has 0 saturated heterocycles. The molecule has 0 amide bonds. The number of rotatable bonds is 6. The summed E-state index contributed by atoms with van der Waals surface area (Å²) in [5.74, 6) is 2.20.